The van der Waals surface area contributed by atoms with E-state index in [0.717, 1.165) is 5.75 Å². The third-order valence-corrected chi connectivity index (χ3v) is 3.46. The summed E-state index contributed by atoms with van der Waals surface area (Å²) in [5.41, 5.74) is 0. The number of para-hydroxylation sites is 1. The van der Waals surface area contributed by atoms with Crippen molar-refractivity contribution in [3.05, 3.63) is 54.6 Å². The molecule has 0 heterocycles. The summed E-state index contributed by atoms with van der Waals surface area (Å²) in [5.74, 6) is 0.972. The van der Waals surface area contributed by atoms with Crippen molar-refractivity contribution in [2.45, 2.75) is 0 Å². The molecule has 3 heteroatoms. The van der Waals surface area contributed by atoms with Gasteiger partial charge in [0.05, 0.1) is 7.11 Å². The van der Waals surface area contributed by atoms with Crippen LogP contribution in [0.3, 0.4) is 0 Å². The minimum atomic E-state index is 0. The predicted octanol–water partition coefficient (Wildman–Crippen LogP) is 1.68. The van der Waals surface area contributed by atoms with Gasteiger partial charge in [-0.05, 0) is 11.4 Å². The van der Waals surface area contributed by atoms with Gasteiger partial charge in [0.25, 0.3) is 0 Å². The minimum absolute atomic E-state index is 0. The molecular weight excluding hydrogens is 210 g/mol. The molecular formula is C13H14LiOP. The van der Waals surface area contributed by atoms with Gasteiger partial charge in [-0.25, -0.2) is 0 Å². The van der Waals surface area contributed by atoms with Gasteiger partial charge >= 0.3 is 18.9 Å². The van der Waals surface area contributed by atoms with Gasteiger partial charge in [-0.15, -0.1) is 0 Å². The summed E-state index contributed by atoms with van der Waals surface area (Å²) in [4.78, 5) is 0. The van der Waals surface area contributed by atoms with E-state index in [0.29, 0.717) is 8.58 Å². The van der Waals surface area contributed by atoms with Gasteiger partial charge in [-0.1, -0.05) is 57.1 Å². The molecule has 0 aliphatic rings. The molecule has 0 N–H and O–H groups in total. The zero-order chi connectivity index (χ0) is 10.5. The van der Waals surface area contributed by atoms with Gasteiger partial charge < -0.3 is 4.74 Å². The van der Waals surface area contributed by atoms with Crippen molar-refractivity contribution in [1.82, 2.24) is 0 Å². The number of ether oxygens (including phenoxy) is 1. The van der Waals surface area contributed by atoms with Gasteiger partial charge in [-0.3, -0.25) is 0 Å². The van der Waals surface area contributed by atoms with Crippen LogP contribution in [-0.2, 0) is 0 Å². The average molecular weight is 224 g/mol. The quantitative estimate of drug-likeness (QED) is 0.569. The first kappa shape index (κ1) is 13.3. The van der Waals surface area contributed by atoms with Gasteiger partial charge in [0.2, 0.25) is 0 Å². The van der Waals surface area contributed by atoms with Crippen LogP contribution in [0.2, 0.25) is 0 Å². The Morgan fingerprint density at radius 2 is 1.50 bits per heavy atom. The van der Waals surface area contributed by atoms with Crippen molar-refractivity contribution in [1.29, 1.82) is 0 Å². The van der Waals surface area contributed by atoms with Crippen LogP contribution in [0.25, 0.3) is 0 Å². The molecule has 16 heavy (non-hydrogen) atoms. The van der Waals surface area contributed by atoms with Crippen LogP contribution in [0.1, 0.15) is 0 Å². The zero-order valence-corrected chi connectivity index (χ0v) is 9.60. The number of rotatable bonds is 3. The van der Waals surface area contributed by atoms with E-state index >= 15 is 0 Å². The molecule has 1 unspecified atom stereocenters. The van der Waals surface area contributed by atoms with Crippen LogP contribution in [0.5, 0.6) is 5.75 Å². The van der Waals surface area contributed by atoms with Crippen LogP contribution >= 0.6 is 8.58 Å². The van der Waals surface area contributed by atoms with Gasteiger partial charge in [0, 0.05) is 5.30 Å². The maximum absolute atomic E-state index is 5.32. The SMILES string of the molecule is COc1ccccc1Pc1ccccc1.[LiH]. The molecule has 0 aliphatic carbocycles. The molecule has 0 fully saturated rings. The third kappa shape index (κ3) is 3.39. The van der Waals surface area contributed by atoms with Crippen molar-refractivity contribution in [2.75, 3.05) is 7.11 Å². The van der Waals surface area contributed by atoms with Crippen LogP contribution in [0, 0.1) is 0 Å². The molecule has 0 bridgehead atoms. The molecule has 0 saturated heterocycles. The van der Waals surface area contributed by atoms with E-state index in [-0.39, 0.29) is 18.9 Å². The Morgan fingerprint density at radius 1 is 0.875 bits per heavy atom. The monoisotopic (exact) mass is 224 g/mol. The first-order valence-electron chi connectivity index (χ1n) is 4.85. The zero-order valence-electron chi connectivity index (χ0n) is 8.60. The Hall–Kier alpha value is -0.733. The number of hydrogen-bond acceptors (Lipinski definition) is 1. The molecule has 0 aromatic heterocycles. The van der Waals surface area contributed by atoms with Crippen LogP contribution in [-0.4, -0.2) is 26.0 Å². The molecule has 2 aromatic rings. The van der Waals surface area contributed by atoms with Crippen molar-refractivity contribution < 1.29 is 4.74 Å². The van der Waals surface area contributed by atoms with E-state index in [9.17, 15) is 0 Å². The van der Waals surface area contributed by atoms with E-state index in [4.69, 9.17) is 4.74 Å². The van der Waals surface area contributed by atoms with E-state index in [1.807, 2.05) is 24.3 Å². The molecule has 0 spiro atoms. The summed E-state index contributed by atoms with van der Waals surface area (Å²) in [6.07, 6.45) is 0. The van der Waals surface area contributed by atoms with Crippen LogP contribution in [0.4, 0.5) is 0 Å². The summed E-state index contributed by atoms with van der Waals surface area (Å²) in [5, 5.41) is 2.59. The Morgan fingerprint density at radius 3 is 2.19 bits per heavy atom. The molecule has 0 amide bonds. The Labute approximate surface area is 110 Å². The Bertz CT molecular complexity index is 431. The van der Waals surface area contributed by atoms with Crippen molar-refractivity contribution in [3.8, 4) is 5.75 Å². The van der Waals surface area contributed by atoms with Crippen molar-refractivity contribution in [3.63, 3.8) is 0 Å². The molecule has 0 radical (unpaired) electrons. The second-order valence-corrected chi connectivity index (χ2v) is 4.56. The fraction of sp³-hybridized carbons (Fsp3) is 0.0769. The van der Waals surface area contributed by atoms with Gasteiger partial charge in [-0.2, -0.15) is 0 Å². The van der Waals surface area contributed by atoms with E-state index in [1.54, 1.807) is 7.11 Å². The standard InChI is InChI=1S/C13H13OP.Li.H/c1-14-12-9-5-6-10-13(12)15-11-7-3-2-4-8-11;;/h2-10,15H,1H3;;. The van der Waals surface area contributed by atoms with Crippen molar-refractivity contribution in [2.24, 2.45) is 0 Å². The van der Waals surface area contributed by atoms with Crippen LogP contribution < -0.4 is 15.3 Å². The summed E-state index contributed by atoms with van der Waals surface area (Å²) in [6, 6.07) is 18.6. The fourth-order valence-electron chi connectivity index (χ4n) is 1.42. The first-order valence-corrected chi connectivity index (χ1v) is 5.85. The Kier molecular flexibility index (Phi) is 5.64. The average Bonchev–Trinajstić information content (AvgIpc) is 2.31. The topological polar surface area (TPSA) is 9.23 Å². The summed E-state index contributed by atoms with van der Waals surface area (Å²) >= 11 is 0. The molecule has 1 nitrogen and oxygen atoms in total. The second kappa shape index (κ2) is 6.77. The summed E-state index contributed by atoms with van der Waals surface area (Å²) in [6.45, 7) is 0. The normalized spacial score (nSPS) is 10.1. The van der Waals surface area contributed by atoms with E-state index in [1.165, 1.54) is 10.6 Å². The maximum atomic E-state index is 5.32. The molecule has 2 rings (SSSR count). The molecule has 2 aromatic carbocycles. The number of benzene rings is 2. The molecule has 0 aliphatic heterocycles. The number of hydrogen-bond donors (Lipinski definition) is 0. The molecule has 1 atom stereocenters. The van der Waals surface area contributed by atoms with E-state index < -0.39 is 0 Å². The fourth-order valence-corrected chi connectivity index (χ4v) is 2.58. The Balaban J connectivity index is 0.00000128. The molecule has 78 valence electrons. The van der Waals surface area contributed by atoms with Crippen LogP contribution in [0.15, 0.2) is 54.6 Å². The third-order valence-electron chi connectivity index (χ3n) is 2.16. The molecule has 0 saturated carbocycles. The first-order chi connectivity index (χ1) is 7.40. The number of methoxy groups -OCH3 is 1. The van der Waals surface area contributed by atoms with Gasteiger partial charge in [0.15, 0.2) is 0 Å². The second-order valence-electron chi connectivity index (χ2n) is 3.19. The van der Waals surface area contributed by atoms with Gasteiger partial charge in [0.1, 0.15) is 5.75 Å². The van der Waals surface area contributed by atoms with Crippen molar-refractivity contribution >= 4 is 38.1 Å². The predicted molar refractivity (Wildman–Crippen MR) is 74.2 cm³/mol. The van der Waals surface area contributed by atoms with E-state index in [2.05, 4.69) is 30.3 Å². The summed E-state index contributed by atoms with van der Waals surface area (Å²) in [7, 11) is 2.37. The summed E-state index contributed by atoms with van der Waals surface area (Å²) < 4.78 is 5.32.